The SMILES string of the molecule is CC(C)(C)C(=O)c1c[nH]c2ncc(-c3cccc(N4CCS(=O)(=O)CC4)c3)nc12.CC(C)(C)C(=O)c1cn(COCC[Si](C)(C)C)c2ncc(-c3cccc(OS(=O)(=O)C(F)(F)C(F)(F)C(F)(F)C(F)(F)F)c3)nc12. The summed E-state index contributed by atoms with van der Waals surface area (Å²) in [5.41, 5.74) is 2.99. The normalized spacial score (nSPS) is 15.2. The monoisotopic (exact) mass is 1120 g/mol. The van der Waals surface area contributed by atoms with Gasteiger partial charge < -0.3 is 23.4 Å². The van der Waals surface area contributed by atoms with Gasteiger partial charge in [-0.05, 0) is 30.3 Å². The highest BCUT2D eigenvalue weighted by Gasteiger charge is 2.86. The van der Waals surface area contributed by atoms with Crippen molar-refractivity contribution in [3.63, 3.8) is 0 Å². The Labute approximate surface area is 427 Å². The molecule has 1 saturated heterocycles. The Morgan fingerprint density at radius 2 is 1.29 bits per heavy atom. The number of alkyl halides is 9. The average Bonchev–Trinajstić information content (AvgIpc) is 3.89. The van der Waals surface area contributed by atoms with Crippen molar-refractivity contribution in [2.24, 2.45) is 10.8 Å². The average molecular weight is 1120 g/mol. The Balaban J connectivity index is 0.000000269. The van der Waals surface area contributed by atoms with E-state index >= 15 is 0 Å². The van der Waals surface area contributed by atoms with Gasteiger partial charge in [0.15, 0.2) is 32.7 Å². The lowest BCUT2D eigenvalue weighted by atomic mass is 9.87. The van der Waals surface area contributed by atoms with Crippen LogP contribution in [0.5, 0.6) is 5.75 Å². The van der Waals surface area contributed by atoms with Crippen LogP contribution in [0.1, 0.15) is 62.3 Å². The van der Waals surface area contributed by atoms with Gasteiger partial charge >= 0.3 is 33.4 Å². The third-order valence-electron chi connectivity index (χ3n) is 11.6. The Bertz CT molecular complexity index is 3340. The molecule has 6 aromatic rings. The predicted molar refractivity (Wildman–Crippen MR) is 265 cm³/mol. The summed E-state index contributed by atoms with van der Waals surface area (Å²) in [5, 5.41) is -7.03. The standard InChI is InChI=1S/C27H30F9N3O5SSi.C21H24N4O3S/c1-23(2,3)21(40)18-14-39(15-43-10-11-46(4,5)6)22-20(18)38-19(13-37-22)16-8-7-9-17(12-16)44-45(41,42)27(35,36)25(30,31)24(28,29)26(32,33)34;1-21(2,3)19(26)16-12-22-20-18(16)24-17(13-23-20)14-5-4-6-15(11-14)25-7-9-29(27,28)10-8-25/h7-9,12-14H,10-11,15H2,1-6H3;4-6,11-13H,7-10H2,1-3H3,(H,22,23). The molecule has 2 aromatic carbocycles. The van der Waals surface area contributed by atoms with Crippen molar-refractivity contribution in [2.75, 3.05) is 36.1 Å². The van der Waals surface area contributed by atoms with Gasteiger partial charge in [-0.3, -0.25) is 9.59 Å². The first-order valence-electron chi connectivity index (χ1n) is 23.0. The number of H-pyrrole nitrogens is 1. The van der Waals surface area contributed by atoms with Crippen LogP contribution >= 0.6 is 0 Å². The number of rotatable bonds is 15. The number of anilines is 1. The van der Waals surface area contributed by atoms with Gasteiger partial charge in [0.05, 0.1) is 46.4 Å². The van der Waals surface area contributed by atoms with Crippen molar-refractivity contribution >= 4 is 67.6 Å². The highest BCUT2D eigenvalue weighted by Crippen LogP contribution is 2.55. The molecule has 1 aliphatic heterocycles. The van der Waals surface area contributed by atoms with Crippen molar-refractivity contribution < 1.29 is 74.9 Å². The topological polar surface area (TPSA) is 196 Å². The van der Waals surface area contributed by atoms with Gasteiger partial charge in [-0.25, -0.2) is 28.4 Å². The van der Waals surface area contributed by atoms with Crippen LogP contribution in [0, 0.1) is 10.8 Å². The molecule has 1 aliphatic rings. The van der Waals surface area contributed by atoms with Crippen LogP contribution in [0.15, 0.2) is 73.3 Å². The second kappa shape index (κ2) is 20.5. The van der Waals surface area contributed by atoms with Crippen LogP contribution < -0.4 is 9.08 Å². The molecule has 0 saturated carbocycles. The summed E-state index contributed by atoms with van der Waals surface area (Å²) in [6.07, 6.45) is -1.23. The molecule has 4 aromatic heterocycles. The molecule has 0 spiro atoms. The predicted octanol–water partition coefficient (Wildman–Crippen LogP) is 10.9. The third kappa shape index (κ3) is 12.5. The van der Waals surface area contributed by atoms with E-state index in [0.29, 0.717) is 54.3 Å². The number of Topliss-reactive ketones (excluding diaryl/α,β-unsaturated/α-hetero) is 2. The van der Waals surface area contributed by atoms with Gasteiger partial charge in [-0.1, -0.05) is 85.4 Å². The molecule has 0 atom stereocenters. The van der Waals surface area contributed by atoms with E-state index in [4.69, 9.17) is 9.72 Å². The first-order chi connectivity index (χ1) is 34.3. The molecule has 0 radical (unpaired) electrons. The second-order valence-corrected chi connectivity index (χ2v) is 30.5. The zero-order valence-electron chi connectivity index (χ0n) is 42.0. The van der Waals surface area contributed by atoms with Crippen LogP contribution in [0.4, 0.5) is 45.2 Å². The molecule has 7 rings (SSSR count). The molecule has 0 amide bonds. The van der Waals surface area contributed by atoms with Crippen LogP contribution in [0.2, 0.25) is 25.7 Å². The van der Waals surface area contributed by atoms with Crippen LogP contribution in [-0.2, 0) is 31.4 Å². The molecule has 1 N–H and O–H groups in total. The number of sulfone groups is 1. The van der Waals surface area contributed by atoms with Gasteiger partial charge in [0, 0.05) is 67.8 Å². The number of fused-ring (bicyclic) bond motifs is 2. The lowest BCUT2D eigenvalue weighted by Gasteiger charge is -2.32. The summed E-state index contributed by atoms with van der Waals surface area (Å²) in [4.78, 5) is 49.0. The molecule has 0 aliphatic carbocycles. The number of hydrogen-bond donors (Lipinski definition) is 1. The van der Waals surface area contributed by atoms with Crippen molar-refractivity contribution in [2.45, 2.75) is 97.2 Å². The largest absolute Gasteiger partial charge is 0.460 e. The first kappa shape index (κ1) is 58.3. The second-order valence-electron chi connectivity index (χ2n) is 21.0. The fraction of sp³-hybridized carbons (Fsp3) is 0.458. The third-order valence-corrected chi connectivity index (χ3v) is 16.3. The Kier molecular flexibility index (Phi) is 16.0. The van der Waals surface area contributed by atoms with E-state index in [2.05, 4.69) is 48.7 Å². The van der Waals surface area contributed by atoms with Gasteiger partial charge in [0.25, 0.3) is 0 Å². The number of aromatic amines is 1. The highest BCUT2D eigenvalue weighted by atomic mass is 32.2. The minimum atomic E-state index is -7.45. The molecule has 15 nitrogen and oxygen atoms in total. The van der Waals surface area contributed by atoms with Crippen molar-refractivity contribution in [3.8, 4) is 28.3 Å². The van der Waals surface area contributed by atoms with E-state index in [-0.39, 0.29) is 57.8 Å². The van der Waals surface area contributed by atoms with Crippen molar-refractivity contribution in [1.29, 1.82) is 0 Å². The Morgan fingerprint density at radius 3 is 1.87 bits per heavy atom. The molecule has 75 heavy (non-hydrogen) atoms. The minimum absolute atomic E-state index is 0.0125. The summed E-state index contributed by atoms with van der Waals surface area (Å²) in [7, 11) is -11.5. The number of nitrogens with zero attached hydrogens (tertiary/aromatic N) is 6. The van der Waals surface area contributed by atoms with E-state index in [1.165, 1.54) is 12.3 Å². The van der Waals surface area contributed by atoms with Gasteiger partial charge in [-0.2, -0.15) is 47.9 Å². The molecule has 5 heterocycles. The minimum Gasteiger partial charge on any atom is -0.378 e. The Morgan fingerprint density at radius 1 is 0.747 bits per heavy atom. The molecular weight excluding hydrogens is 1070 g/mol. The molecule has 0 unspecified atom stereocenters. The number of nitrogens with one attached hydrogen (secondary N) is 1. The van der Waals surface area contributed by atoms with E-state index in [1.54, 1.807) is 37.7 Å². The van der Waals surface area contributed by atoms with Crippen LogP contribution in [0.25, 0.3) is 44.8 Å². The lowest BCUT2D eigenvalue weighted by molar-refractivity contribution is -0.382. The quantitative estimate of drug-likeness (QED) is 0.0336. The molecule has 27 heteroatoms. The van der Waals surface area contributed by atoms with Crippen molar-refractivity contribution in [3.05, 3.63) is 84.4 Å². The highest BCUT2D eigenvalue weighted by molar-refractivity contribution is 7.91. The summed E-state index contributed by atoms with van der Waals surface area (Å²) in [5.74, 6) is -16.0. The number of halogens is 9. The van der Waals surface area contributed by atoms with E-state index in [9.17, 15) is 65.9 Å². The maximum atomic E-state index is 14.2. The van der Waals surface area contributed by atoms with Gasteiger partial charge in [0.2, 0.25) is 0 Å². The van der Waals surface area contributed by atoms with E-state index in [0.717, 1.165) is 29.6 Å². The van der Waals surface area contributed by atoms with E-state index in [1.807, 2.05) is 45.0 Å². The van der Waals surface area contributed by atoms with E-state index < -0.39 is 67.9 Å². The number of hydrogen-bond acceptors (Lipinski definition) is 13. The van der Waals surface area contributed by atoms with Gasteiger partial charge in [0.1, 0.15) is 23.5 Å². The van der Waals surface area contributed by atoms with Crippen LogP contribution in [0.3, 0.4) is 0 Å². The van der Waals surface area contributed by atoms with Crippen LogP contribution in [-0.4, -0.2) is 120 Å². The number of ether oxygens (including phenoxy) is 1. The Hall–Kier alpha value is -5.93. The molecule has 1 fully saturated rings. The fourth-order valence-corrected chi connectivity index (χ4v) is 10.1. The number of carbonyl (C=O) groups is 2. The maximum Gasteiger partial charge on any atom is 0.460 e. The summed E-state index contributed by atoms with van der Waals surface area (Å²) >= 11 is 0. The fourth-order valence-electron chi connectivity index (χ4n) is 7.24. The number of ketones is 2. The van der Waals surface area contributed by atoms with Crippen molar-refractivity contribution in [1.82, 2.24) is 29.5 Å². The zero-order valence-corrected chi connectivity index (χ0v) is 44.7. The number of carbonyl (C=O) groups excluding carboxylic acids is 2. The number of benzene rings is 2. The van der Waals surface area contributed by atoms with Gasteiger partial charge in [-0.15, -0.1) is 0 Å². The lowest BCUT2D eigenvalue weighted by Crippen LogP contribution is -2.63. The summed E-state index contributed by atoms with van der Waals surface area (Å²) < 4.78 is 178. The molecule has 0 bridgehead atoms. The molecule has 408 valence electrons. The number of aromatic nitrogens is 6. The zero-order chi connectivity index (χ0) is 56.1. The first-order valence-corrected chi connectivity index (χ1v) is 29.9. The summed E-state index contributed by atoms with van der Waals surface area (Å²) in [6, 6.07) is 12.2. The smallest absolute Gasteiger partial charge is 0.378 e. The maximum absolute atomic E-state index is 14.2. The molecular formula is C48H54F9N7O8S2Si. The summed E-state index contributed by atoms with van der Waals surface area (Å²) in [6.45, 7) is 18.5.